The van der Waals surface area contributed by atoms with Gasteiger partial charge in [-0.3, -0.25) is 0 Å². The molecule has 1 atom stereocenters. The number of rotatable bonds is 2. The van der Waals surface area contributed by atoms with E-state index in [-0.39, 0.29) is 6.10 Å². The smallest absolute Gasteiger partial charge is 0.216 e. The highest BCUT2D eigenvalue weighted by Gasteiger charge is 2.28. The quantitative estimate of drug-likeness (QED) is 0.610. The second-order valence-corrected chi connectivity index (χ2v) is 4.01. The average Bonchev–Trinajstić information content (AvgIpc) is 1.64. The molecular formula is C5H9Cl3O. The molecule has 0 aromatic carbocycles. The molecule has 0 aliphatic heterocycles. The first-order valence-electron chi connectivity index (χ1n) is 2.66. The molecule has 0 rings (SSSR count). The summed E-state index contributed by atoms with van der Waals surface area (Å²) < 4.78 is 3.71. The fraction of sp³-hybridized carbons (Fsp3) is 1.00. The molecule has 1 unspecified atom stereocenters. The topological polar surface area (TPSA) is 9.23 Å². The van der Waals surface area contributed by atoms with Gasteiger partial charge >= 0.3 is 0 Å². The van der Waals surface area contributed by atoms with Crippen LogP contribution in [-0.2, 0) is 4.74 Å². The van der Waals surface area contributed by atoms with Crippen molar-refractivity contribution in [3.05, 3.63) is 0 Å². The van der Waals surface area contributed by atoms with Crippen molar-refractivity contribution < 1.29 is 4.74 Å². The van der Waals surface area contributed by atoms with Crippen LogP contribution in [0.25, 0.3) is 0 Å². The normalized spacial score (nSPS) is 15.7. The predicted octanol–water partition coefficient (Wildman–Crippen LogP) is 2.78. The lowest BCUT2D eigenvalue weighted by Gasteiger charge is -2.19. The summed E-state index contributed by atoms with van der Waals surface area (Å²) >= 11 is 16.4. The molecule has 4 heteroatoms. The van der Waals surface area contributed by atoms with E-state index in [0.29, 0.717) is 6.61 Å². The Morgan fingerprint density at radius 2 is 1.89 bits per heavy atom. The Labute approximate surface area is 70.2 Å². The Bertz CT molecular complexity index is 78.8. The van der Waals surface area contributed by atoms with Gasteiger partial charge in [0, 0.05) is 6.61 Å². The van der Waals surface area contributed by atoms with E-state index in [4.69, 9.17) is 39.5 Å². The van der Waals surface area contributed by atoms with Gasteiger partial charge in [-0.2, -0.15) is 0 Å². The van der Waals surface area contributed by atoms with Gasteiger partial charge in [0.2, 0.25) is 3.79 Å². The Hall–Kier alpha value is 0.830. The molecule has 56 valence electrons. The number of hydrogen-bond acceptors (Lipinski definition) is 1. The molecular weight excluding hydrogens is 182 g/mol. The summed E-state index contributed by atoms with van der Waals surface area (Å²) in [6.45, 7) is 4.14. The highest BCUT2D eigenvalue weighted by atomic mass is 35.6. The standard InChI is InChI=1S/C5H9Cl3O/c1-3-9-4(2)5(6,7)8/h4H,3H2,1-2H3. The first-order chi connectivity index (χ1) is 3.98. The average molecular weight is 191 g/mol. The third-order valence-corrected chi connectivity index (χ3v) is 1.80. The summed E-state index contributed by atoms with van der Waals surface area (Å²) in [6, 6.07) is 0. The van der Waals surface area contributed by atoms with E-state index in [2.05, 4.69) is 0 Å². The van der Waals surface area contributed by atoms with E-state index in [1.165, 1.54) is 0 Å². The minimum Gasteiger partial charge on any atom is -0.374 e. The van der Waals surface area contributed by atoms with E-state index >= 15 is 0 Å². The molecule has 0 saturated carbocycles. The first-order valence-corrected chi connectivity index (χ1v) is 3.80. The maximum Gasteiger partial charge on any atom is 0.216 e. The van der Waals surface area contributed by atoms with Crippen molar-refractivity contribution in [3.8, 4) is 0 Å². The van der Waals surface area contributed by atoms with Gasteiger partial charge in [-0.1, -0.05) is 34.8 Å². The fourth-order valence-electron chi connectivity index (χ4n) is 0.344. The Balaban J connectivity index is 3.59. The molecule has 0 radical (unpaired) electrons. The lowest BCUT2D eigenvalue weighted by atomic mass is 10.5. The van der Waals surface area contributed by atoms with Gasteiger partial charge in [0.1, 0.15) is 6.10 Å². The Morgan fingerprint density at radius 1 is 1.44 bits per heavy atom. The van der Waals surface area contributed by atoms with Crippen LogP contribution in [0.4, 0.5) is 0 Å². The lowest BCUT2D eigenvalue weighted by molar-refractivity contribution is 0.0792. The van der Waals surface area contributed by atoms with Crippen molar-refractivity contribution in [3.63, 3.8) is 0 Å². The SMILES string of the molecule is CCOC(C)C(Cl)(Cl)Cl. The van der Waals surface area contributed by atoms with Gasteiger partial charge in [0.15, 0.2) is 0 Å². The summed E-state index contributed by atoms with van der Waals surface area (Å²) in [5, 5.41) is 0. The van der Waals surface area contributed by atoms with Gasteiger partial charge in [-0.25, -0.2) is 0 Å². The summed E-state index contributed by atoms with van der Waals surface area (Å²) in [4.78, 5) is 0. The van der Waals surface area contributed by atoms with Crippen molar-refractivity contribution in [2.24, 2.45) is 0 Å². The zero-order valence-corrected chi connectivity index (χ0v) is 7.59. The van der Waals surface area contributed by atoms with Crippen molar-refractivity contribution in [1.29, 1.82) is 0 Å². The van der Waals surface area contributed by atoms with Crippen LogP contribution < -0.4 is 0 Å². The minimum atomic E-state index is -1.30. The van der Waals surface area contributed by atoms with Gasteiger partial charge in [0.05, 0.1) is 0 Å². The molecule has 0 aliphatic carbocycles. The molecule has 0 amide bonds. The van der Waals surface area contributed by atoms with Crippen LogP contribution in [0.2, 0.25) is 0 Å². The Kier molecular flexibility index (Phi) is 4.22. The van der Waals surface area contributed by atoms with Gasteiger partial charge in [-0.15, -0.1) is 0 Å². The molecule has 0 aromatic heterocycles. The molecule has 0 N–H and O–H groups in total. The lowest BCUT2D eigenvalue weighted by Crippen LogP contribution is -2.24. The maximum absolute atomic E-state index is 5.47. The molecule has 0 aromatic rings. The fourth-order valence-corrected chi connectivity index (χ4v) is 0.533. The maximum atomic E-state index is 5.47. The summed E-state index contributed by atoms with van der Waals surface area (Å²) in [7, 11) is 0. The van der Waals surface area contributed by atoms with E-state index < -0.39 is 3.79 Å². The van der Waals surface area contributed by atoms with Gasteiger partial charge in [0.25, 0.3) is 0 Å². The molecule has 0 aliphatic rings. The number of hydrogen-bond donors (Lipinski definition) is 0. The zero-order valence-electron chi connectivity index (χ0n) is 5.33. The van der Waals surface area contributed by atoms with Crippen LogP contribution in [0, 0.1) is 0 Å². The largest absolute Gasteiger partial charge is 0.374 e. The third kappa shape index (κ3) is 4.26. The highest BCUT2D eigenvalue weighted by molar-refractivity contribution is 6.68. The van der Waals surface area contributed by atoms with Crippen LogP contribution in [0.3, 0.4) is 0 Å². The molecule has 1 nitrogen and oxygen atoms in total. The second kappa shape index (κ2) is 3.87. The van der Waals surface area contributed by atoms with Gasteiger partial charge < -0.3 is 4.74 Å². The molecule has 0 spiro atoms. The molecule has 0 heterocycles. The molecule has 0 bridgehead atoms. The highest BCUT2D eigenvalue weighted by Crippen LogP contribution is 2.31. The molecule has 9 heavy (non-hydrogen) atoms. The van der Waals surface area contributed by atoms with Crippen molar-refractivity contribution >= 4 is 34.8 Å². The summed E-state index contributed by atoms with van der Waals surface area (Å²) in [5.41, 5.74) is 0. The monoisotopic (exact) mass is 190 g/mol. The minimum absolute atomic E-state index is 0.340. The number of halogens is 3. The van der Waals surface area contributed by atoms with Crippen LogP contribution in [0.15, 0.2) is 0 Å². The second-order valence-electron chi connectivity index (χ2n) is 1.64. The zero-order chi connectivity index (χ0) is 7.49. The van der Waals surface area contributed by atoms with E-state index in [9.17, 15) is 0 Å². The van der Waals surface area contributed by atoms with Crippen LogP contribution in [-0.4, -0.2) is 16.5 Å². The Morgan fingerprint density at radius 3 is 2.00 bits per heavy atom. The van der Waals surface area contributed by atoms with E-state index in [1.54, 1.807) is 6.92 Å². The van der Waals surface area contributed by atoms with Gasteiger partial charge in [-0.05, 0) is 13.8 Å². The number of ether oxygens (including phenoxy) is 1. The van der Waals surface area contributed by atoms with Crippen molar-refractivity contribution in [1.82, 2.24) is 0 Å². The van der Waals surface area contributed by atoms with E-state index in [1.807, 2.05) is 6.92 Å². The van der Waals surface area contributed by atoms with Crippen LogP contribution in [0.1, 0.15) is 13.8 Å². The van der Waals surface area contributed by atoms with Crippen LogP contribution in [0.5, 0.6) is 0 Å². The first kappa shape index (κ1) is 9.83. The third-order valence-electron chi connectivity index (χ3n) is 0.878. The van der Waals surface area contributed by atoms with Crippen molar-refractivity contribution in [2.45, 2.75) is 23.7 Å². The molecule has 0 fully saturated rings. The number of alkyl halides is 3. The van der Waals surface area contributed by atoms with Crippen LogP contribution >= 0.6 is 34.8 Å². The van der Waals surface area contributed by atoms with E-state index in [0.717, 1.165) is 0 Å². The summed E-state index contributed by atoms with van der Waals surface area (Å²) in [6.07, 6.45) is -0.340. The summed E-state index contributed by atoms with van der Waals surface area (Å²) in [5.74, 6) is 0. The molecule has 0 saturated heterocycles. The van der Waals surface area contributed by atoms with Crippen molar-refractivity contribution in [2.75, 3.05) is 6.61 Å². The predicted molar refractivity (Wildman–Crippen MR) is 41.4 cm³/mol.